The van der Waals surface area contributed by atoms with Crippen LogP contribution in [0.5, 0.6) is 5.75 Å². The van der Waals surface area contributed by atoms with Crippen molar-refractivity contribution in [2.75, 3.05) is 18.5 Å². The van der Waals surface area contributed by atoms with Crippen LogP contribution in [0.1, 0.15) is 19.5 Å². The van der Waals surface area contributed by atoms with E-state index in [1.807, 2.05) is 13.8 Å². The molecule has 1 heterocycles. The van der Waals surface area contributed by atoms with E-state index in [9.17, 15) is 0 Å². The third kappa shape index (κ3) is 5.95. The summed E-state index contributed by atoms with van der Waals surface area (Å²) in [5.74, 6) is 0.482. The van der Waals surface area contributed by atoms with E-state index in [4.69, 9.17) is 43.2 Å². The van der Waals surface area contributed by atoms with Crippen molar-refractivity contribution in [3.63, 3.8) is 0 Å². The number of aryl methyl sites for hydroxylation is 1. The number of H-pyrrole nitrogens is 1. The van der Waals surface area contributed by atoms with Crippen molar-refractivity contribution in [3.8, 4) is 16.9 Å². The average Bonchev–Trinajstić information content (AvgIpc) is 2.86. The molecule has 7 nitrogen and oxygen atoms in total. The lowest BCUT2D eigenvalue weighted by molar-refractivity contribution is -0.134. The van der Waals surface area contributed by atoms with Crippen molar-refractivity contribution in [2.24, 2.45) is 0 Å². The number of nitrogens with one attached hydrogen (secondary N) is 3. The maximum Gasteiger partial charge on any atom is 0.300 e. The van der Waals surface area contributed by atoms with E-state index < -0.39 is 5.97 Å². The number of benzene rings is 1. The highest BCUT2D eigenvalue weighted by molar-refractivity contribution is 6.39. The molecule has 136 valence electrons. The van der Waals surface area contributed by atoms with Crippen LogP contribution in [0, 0.1) is 12.3 Å². The van der Waals surface area contributed by atoms with E-state index in [0.29, 0.717) is 40.3 Å². The molecule has 0 atom stereocenters. The van der Waals surface area contributed by atoms with Crippen LogP contribution in [-0.2, 0) is 4.79 Å². The van der Waals surface area contributed by atoms with Gasteiger partial charge in [0.05, 0.1) is 28.9 Å². The van der Waals surface area contributed by atoms with Crippen molar-refractivity contribution in [1.29, 1.82) is 5.41 Å². The minimum absolute atomic E-state index is 0.390. The standard InChI is InChI=1S/C14H16Cl2N4O.C2H4O2/c1-3-21-9-6-10(15)13(11(16)7-9)12-8(2)19-20-14(12)18-5-4-17;1-2(3)4/h4,6-7,17H,3,5H2,1-2H3,(H2,18,19,20);1H3,(H,3,4). The van der Waals surface area contributed by atoms with Gasteiger partial charge < -0.3 is 20.6 Å². The molecule has 0 unspecified atom stereocenters. The molecule has 0 spiro atoms. The number of hydrogen-bond acceptors (Lipinski definition) is 5. The summed E-state index contributed by atoms with van der Waals surface area (Å²) in [6.07, 6.45) is 1.27. The molecule has 0 bridgehead atoms. The number of halogens is 2. The summed E-state index contributed by atoms with van der Waals surface area (Å²) in [6, 6.07) is 3.47. The quantitative estimate of drug-likeness (QED) is 0.554. The van der Waals surface area contributed by atoms with Gasteiger partial charge in [0.15, 0.2) is 0 Å². The Bertz CT molecular complexity index is 720. The highest BCUT2D eigenvalue weighted by Crippen LogP contribution is 2.42. The molecule has 25 heavy (non-hydrogen) atoms. The first-order chi connectivity index (χ1) is 11.8. The zero-order valence-electron chi connectivity index (χ0n) is 14.1. The van der Waals surface area contributed by atoms with Crippen LogP contribution in [0.2, 0.25) is 10.0 Å². The van der Waals surface area contributed by atoms with E-state index in [1.165, 1.54) is 6.21 Å². The summed E-state index contributed by atoms with van der Waals surface area (Å²) in [5, 5.41) is 25.6. The number of ether oxygens (including phenoxy) is 1. The van der Waals surface area contributed by atoms with Gasteiger partial charge in [-0.3, -0.25) is 9.89 Å². The van der Waals surface area contributed by atoms with Crippen molar-refractivity contribution in [3.05, 3.63) is 27.9 Å². The Morgan fingerprint density at radius 3 is 2.44 bits per heavy atom. The Balaban J connectivity index is 0.000000705. The largest absolute Gasteiger partial charge is 0.494 e. The van der Waals surface area contributed by atoms with Crippen LogP contribution < -0.4 is 10.1 Å². The molecule has 0 saturated carbocycles. The number of hydrogen-bond donors (Lipinski definition) is 4. The van der Waals surface area contributed by atoms with Crippen molar-refractivity contribution in [1.82, 2.24) is 10.2 Å². The van der Waals surface area contributed by atoms with Crippen molar-refractivity contribution < 1.29 is 14.6 Å². The Morgan fingerprint density at radius 1 is 1.40 bits per heavy atom. The average molecular weight is 387 g/mol. The van der Waals surface area contributed by atoms with E-state index in [0.717, 1.165) is 18.2 Å². The Hall–Kier alpha value is -2.25. The molecule has 9 heteroatoms. The molecular formula is C16H20Cl2N4O3. The fourth-order valence-corrected chi connectivity index (χ4v) is 2.71. The number of aliphatic carboxylic acids is 1. The van der Waals surface area contributed by atoms with Gasteiger partial charge in [-0.1, -0.05) is 23.2 Å². The first kappa shape index (κ1) is 20.8. The van der Waals surface area contributed by atoms with Crippen molar-refractivity contribution in [2.45, 2.75) is 20.8 Å². The second-order valence-corrected chi connectivity index (χ2v) is 5.67. The lowest BCUT2D eigenvalue weighted by Gasteiger charge is -2.12. The molecular weight excluding hydrogens is 367 g/mol. The lowest BCUT2D eigenvalue weighted by atomic mass is 10.1. The minimum Gasteiger partial charge on any atom is -0.494 e. The van der Waals surface area contributed by atoms with Gasteiger partial charge in [-0.25, -0.2) is 0 Å². The van der Waals surface area contributed by atoms with Gasteiger partial charge >= 0.3 is 0 Å². The predicted octanol–water partition coefficient (Wildman–Crippen LogP) is 4.24. The van der Waals surface area contributed by atoms with Gasteiger partial charge in [0.1, 0.15) is 11.6 Å². The fraction of sp³-hybridized carbons (Fsp3) is 0.312. The smallest absolute Gasteiger partial charge is 0.300 e. The molecule has 2 aromatic rings. The van der Waals surface area contributed by atoms with Gasteiger partial charge in [-0.05, 0) is 26.0 Å². The maximum absolute atomic E-state index is 9.00. The molecule has 2 rings (SSSR count). The SMILES string of the molecule is CC(=O)O.CCOc1cc(Cl)c(-c2c(C)n[nH]c2NCC=N)c(Cl)c1. The fourth-order valence-electron chi connectivity index (χ4n) is 2.06. The highest BCUT2D eigenvalue weighted by atomic mass is 35.5. The van der Waals surface area contributed by atoms with E-state index in [1.54, 1.807) is 12.1 Å². The molecule has 0 aliphatic rings. The number of anilines is 1. The van der Waals surface area contributed by atoms with Gasteiger partial charge in [0.2, 0.25) is 0 Å². The zero-order valence-corrected chi connectivity index (χ0v) is 15.6. The van der Waals surface area contributed by atoms with Gasteiger partial charge in [-0.15, -0.1) is 0 Å². The number of aromatic nitrogens is 2. The summed E-state index contributed by atoms with van der Waals surface area (Å²) in [4.78, 5) is 9.00. The van der Waals surface area contributed by atoms with Gasteiger partial charge in [0, 0.05) is 24.3 Å². The van der Waals surface area contributed by atoms with Crippen LogP contribution >= 0.6 is 23.2 Å². The van der Waals surface area contributed by atoms with Crippen LogP contribution in [-0.4, -0.2) is 40.6 Å². The Kier molecular flexibility index (Phi) is 8.24. The Labute approximate surface area is 155 Å². The molecule has 1 aromatic heterocycles. The molecule has 4 N–H and O–H groups in total. The lowest BCUT2D eigenvalue weighted by Crippen LogP contribution is -2.03. The topological polar surface area (TPSA) is 111 Å². The maximum atomic E-state index is 9.00. The normalized spacial score (nSPS) is 9.80. The van der Waals surface area contributed by atoms with E-state index in [2.05, 4.69) is 15.5 Å². The Morgan fingerprint density at radius 2 is 1.96 bits per heavy atom. The molecule has 0 aliphatic carbocycles. The second-order valence-electron chi connectivity index (χ2n) is 4.86. The van der Waals surface area contributed by atoms with Gasteiger partial charge in [0.25, 0.3) is 5.97 Å². The summed E-state index contributed by atoms with van der Waals surface area (Å²) < 4.78 is 5.43. The minimum atomic E-state index is -0.833. The third-order valence-corrected chi connectivity index (χ3v) is 3.50. The number of rotatable bonds is 6. The molecule has 0 aliphatic heterocycles. The monoisotopic (exact) mass is 386 g/mol. The summed E-state index contributed by atoms with van der Waals surface area (Å²) in [5.41, 5.74) is 2.27. The summed E-state index contributed by atoms with van der Waals surface area (Å²) in [7, 11) is 0. The molecule has 0 radical (unpaired) electrons. The first-order valence-electron chi connectivity index (χ1n) is 7.41. The van der Waals surface area contributed by atoms with Crippen LogP contribution in [0.25, 0.3) is 11.1 Å². The van der Waals surface area contributed by atoms with E-state index in [-0.39, 0.29) is 0 Å². The number of carbonyl (C=O) groups is 1. The second kappa shape index (κ2) is 9.90. The molecule has 0 saturated heterocycles. The van der Waals surface area contributed by atoms with E-state index >= 15 is 0 Å². The van der Waals surface area contributed by atoms with Gasteiger partial charge in [-0.2, -0.15) is 5.10 Å². The van der Waals surface area contributed by atoms with Crippen LogP contribution in [0.15, 0.2) is 12.1 Å². The number of carboxylic acid groups (broad SMARTS) is 1. The van der Waals surface area contributed by atoms with Crippen LogP contribution in [0.3, 0.4) is 0 Å². The number of carboxylic acids is 1. The third-order valence-electron chi connectivity index (χ3n) is 2.90. The van der Waals surface area contributed by atoms with Crippen LogP contribution in [0.4, 0.5) is 5.82 Å². The number of nitrogens with zero attached hydrogens (tertiary/aromatic N) is 1. The molecule has 0 amide bonds. The number of aromatic amines is 1. The summed E-state index contributed by atoms with van der Waals surface area (Å²) >= 11 is 12.7. The first-order valence-corrected chi connectivity index (χ1v) is 8.16. The molecule has 1 aromatic carbocycles. The predicted molar refractivity (Wildman–Crippen MR) is 101 cm³/mol. The zero-order chi connectivity index (χ0) is 19.0. The molecule has 0 fully saturated rings. The van der Waals surface area contributed by atoms with Crippen molar-refractivity contribution >= 4 is 41.2 Å². The highest BCUT2D eigenvalue weighted by Gasteiger charge is 2.19. The summed E-state index contributed by atoms with van der Waals surface area (Å²) in [6.45, 7) is 5.78.